The molecule has 1 aliphatic heterocycles. The van der Waals surface area contributed by atoms with Crippen LogP contribution in [-0.4, -0.2) is 41.3 Å². The lowest BCUT2D eigenvalue weighted by molar-refractivity contribution is 0.184. The number of methoxy groups -OCH3 is 1. The molecule has 1 N–H and O–H groups in total. The number of piperidine rings is 1. The Morgan fingerprint density at radius 1 is 1.18 bits per heavy atom. The molecule has 1 aromatic heterocycles. The van der Waals surface area contributed by atoms with E-state index in [4.69, 9.17) is 9.26 Å². The molecule has 0 spiro atoms. The standard InChI is InChI=1S/C21H22N4O3/c1-27-18-11-9-15(10-12-18)19-23-20(28-24-19)16-6-5-13-25(14-16)21(26)22-17-7-3-2-4-8-17/h2-4,7-12,16H,5-6,13-14H2,1H3,(H,22,26)/t16-/m0/s1. The molecule has 1 saturated heterocycles. The molecule has 1 fully saturated rings. The number of hydrogen-bond donors (Lipinski definition) is 1. The average Bonchev–Trinajstić information content (AvgIpc) is 3.25. The first-order valence-electron chi connectivity index (χ1n) is 9.32. The van der Waals surface area contributed by atoms with Crippen molar-refractivity contribution in [3.63, 3.8) is 0 Å². The number of nitrogens with one attached hydrogen (secondary N) is 1. The largest absolute Gasteiger partial charge is 0.497 e. The molecule has 3 aromatic rings. The first kappa shape index (κ1) is 18.0. The molecule has 144 valence electrons. The first-order chi connectivity index (χ1) is 13.7. The van der Waals surface area contributed by atoms with Gasteiger partial charge in [-0.3, -0.25) is 0 Å². The Balaban J connectivity index is 1.43. The quantitative estimate of drug-likeness (QED) is 0.737. The summed E-state index contributed by atoms with van der Waals surface area (Å²) in [6, 6.07) is 16.9. The van der Waals surface area contributed by atoms with Crippen LogP contribution >= 0.6 is 0 Å². The van der Waals surface area contributed by atoms with E-state index in [-0.39, 0.29) is 11.9 Å². The fraction of sp³-hybridized carbons (Fsp3) is 0.286. The van der Waals surface area contributed by atoms with Gasteiger partial charge in [0.05, 0.1) is 13.0 Å². The van der Waals surface area contributed by atoms with Gasteiger partial charge in [-0.25, -0.2) is 4.79 Å². The van der Waals surface area contributed by atoms with Gasteiger partial charge in [0.25, 0.3) is 0 Å². The van der Waals surface area contributed by atoms with Crippen molar-refractivity contribution in [2.24, 2.45) is 0 Å². The molecule has 7 nitrogen and oxygen atoms in total. The fourth-order valence-electron chi connectivity index (χ4n) is 3.35. The number of ether oxygens (including phenoxy) is 1. The van der Waals surface area contributed by atoms with Gasteiger partial charge in [0.15, 0.2) is 0 Å². The summed E-state index contributed by atoms with van der Waals surface area (Å²) in [5, 5.41) is 7.04. The predicted molar refractivity (Wildman–Crippen MR) is 105 cm³/mol. The molecule has 28 heavy (non-hydrogen) atoms. The smallest absolute Gasteiger partial charge is 0.321 e. The van der Waals surface area contributed by atoms with Crippen molar-refractivity contribution >= 4 is 11.7 Å². The van der Waals surface area contributed by atoms with Crippen molar-refractivity contribution < 1.29 is 14.1 Å². The summed E-state index contributed by atoms with van der Waals surface area (Å²) < 4.78 is 10.7. The zero-order valence-electron chi connectivity index (χ0n) is 15.7. The van der Waals surface area contributed by atoms with Crippen LogP contribution in [0.15, 0.2) is 59.1 Å². The number of hydrogen-bond acceptors (Lipinski definition) is 5. The summed E-state index contributed by atoms with van der Waals surface area (Å²) in [6.45, 7) is 1.28. The highest BCUT2D eigenvalue weighted by Crippen LogP contribution is 2.28. The van der Waals surface area contributed by atoms with Crippen LogP contribution in [0.25, 0.3) is 11.4 Å². The number of nitrogens with zero attached hydrogens (tertiary/aromatic N) is 3. The summed E-state index contributed by atoms with van der Waals surface area (Å²) in [4.78, 5) is 18.9. The van der Waals surface area contributed by atoms with E-state index in [0.717, 1.165) is 29.8 Å². The molecule has 1 aliphatic rings. The first-order valence-corrected chi connectivity index (χ1v) is 9.32. The Morgan fingerprint density at radius 3 is 2.71 bits per heavy atom. The minimum Gasteiger partial charge on any atom is -0.497 e. The van der Waals surface area contributed by atoms with Gasteiger partial charge < -0.3 is 19.5 Å². The number of aromatic nitrogens is 2. The summed E-state index contributed by atoms with van der Waals surface area (Å²) in [7, 11) is 1.63. The maximum absolute atomic E-state index is 12.6. The maximum Gasteiger partial charge on any atom is 0.321 e. The molecule has 7 heteroatoms. The van der Waals surface area contributed by atoms with Gasteiger partial charge in [-0.05, 0) is 49.2 Å². The zero-order valence-corrected chi connectivity index (χ0v) is 15.7. The van der Waals surface area contributed by atoms with Crippen LogP contribution in [0.2, 0.25) is 0 Å². The van der Waals surface area contributed by atoms with Crippen molar-refractivity contribution in [2.45, 2.75) is 18.8 Å². The lowest BCUT2D eigenvalue weighted by atomic mass is 9.98. The maximum atomic E-state index is 12.6. The van der Waals surface area contributed by atoms with Gasteiger partial charge in [0.1, 0.15) is 5.75 Å². The number of urea groups is 1. The van der Waals surface area contributed by atoms with E-state index in [9.17, 15) is 4.79 Å². The van der Waals surface area contributed by atoms with Gasteiger partial charge in [-0.1, -0.05) is 23.4 Å². The SMILES string of the molecule is COc1ccc(-c2noc([C@H]3CCCN(C(=O)Nc4ccccc4)C3)n2)cc1. The van der Waals surface area contributed by atoms with E-state index in [0.29, 0.717) is 24.8 Å². The van der Waals surface area contributed by atoms with Gasteiger partial charge in [0, 0.05) is 24.3 Å². The van der Waals surface area contributed by atoms with Crippen LogP contribution in [0.4, 0.5) is 10.5 Å². The van der Waals surface area contributed by atoms with Crippen LogP contribution < -0.4 is 10.1 Å². The minimum absolute atomic E-state index is 0.0368. The number of likely N-dealkylation sites (tertiary alicyclic amines) is 1. The van der Waals surface area contributed by atoms with Crippen molar-refractivity contribution in [2.75, 3.05) is 25.5 Å². The third-order valence-electron chi connectivity index (χ3n) is 4.87. The number of benzene rings is 2. The molecule has 0 bridgehead atoms. The van der Waals surface area contributed by atoms with E-state index in [1.165, 1.54) is 0 Å². The lowest BCUT2D eigenvalue weighted by Crippen LogP contribution is -2.41. The lowest BCUT2D eigenvalue weighted by Gasteiger charge is -2.31. The average molecular weight is 378 g/mol. The van der Waals surface area contributed by atoms with Gasteiger partial charge in [-0.15, -0.1) is 0 Å². The Hall–Kier alpha value is -3.35. The number of anilines is 1. The molecule has 2 amide bonds. The summed E-state index contributed by atoms with van der Waals surface area (Å²) >= 11 is 0. The summed E-state index contributed by atoms with van der Waals surface area (Å²) in [5.74, 6) is 1.93. The predicted octanol–water partition coefficient (Wildman–Crippen LogP) is 4.16. The molecule has 0 unspecified atom stereocenters. The minimum atomic E-state index is -0.106. The van der Waals surface area contributed by atoms with Gasteiger partial charge >= 0.3 is 6.03 Å². The highest BCUT2D eigenvalue weighted by molar-refractivity contribution is 5.89. The second-order valence-corrected chi connectivity index (χ2v) is 6.77. The van der Waals surface area contributed by atoms with Crippen molar-refractivity contribution in [3.05, 3.63) is 60.5 Å². The van der Waals surface area contributed by atoms with Crippen LogP contribution in [0.3, 0.4) is 0 Å². The third-order valence-corrected chi connectivity index (χ3v) is 4.87. The van der Waals surface area contributed by atoms with Crippen molar-refractivity contribution in [3.8, 4) is 17.1 Å². The normalized spacial score (nSPS) is 16.6. The van der Waals surface area contributed by atoms with Crippen LogP contribution in [0, 0.1) is 0 Å². The van der Waals surface area contributed by atoms with Crippen LogP contribution in [0.1, 0.15) is 24.7 Å². The highest BCUT2D eigenvalue weighted by Gasteiger charge is 2.28. The molecule has 0 saturated carbocycles. The Kier molecular flexibility index (Phi) is 5.23. The van der Waals surface area contributed by atoms with Crippen LogP contribution in [0.5, 0.6) is 5.75 Å². The molecule has 0 aliphatic carbocycles. The molecule has 4 rings (SSSR count). The Bertz CT molecular complexity index is 924. The van der Waals surface area contributed by atoms with E-state index < -0.39 is 0 Å². The molecular weight excluding hydrogens is 356 g/mol. The Morgan fingerprint density at radius 2 is 1.96 bits per heavy atom. The van der Waals surface area contributed by atoms with Gasteiger partial charge in [0.2, 0.25) is 11.7 Å². The number of para-hydroxylation sites is 1. The van der Waals surface area contributed by atoms with Crippen LogP contribution in [-0.2, 0) is 0 Å². The summed E-state index contributed by atoms with van der Waals surface area (Å²) in [5.41, 5.74) is 1.65. The van der Waals surface area contributed by atoms with Crippen molar-refractivity contribution in [1.29, 1.82) is 0 Å². The third kappa shape index (κ3) is 3.98. The monoisotopic (exact) mass is 378 g/mol. The molecule has 0 radical (unpaired) electrons. The van der Waals surface area contributed by atoms with Gasteiger partial charge in [-0.2, -0.15) is 4.98 Å². The second kappa shape index (κ2) is 8.12. The topological polar surface area (TPSA) is 80.5 Å². The zero-order chi connectivity index (χ0) is 19.3. The number of carbonyl (C=O) groups is 1. The van der Waals surface area contributed by atoms with Crippen molar-refractivity contribution in [1.82, 2.24) is 15.0 Å². The fourth-order valence-corrected chi connectivity index (χ4v) is 3.35. The number of rotatable bonds is 4. The highest BCUT2D eigenvalue weighted by atomic mass is 16.5. The molecule has 2 heterocycles. The molecule has 2 aromatic carbocycles. The number of carbonyl (C=O) groups excluding carboxylic acids is 1. The second-order valence-electron chi connectivity index (χ2n) is 6.77. The Labute approximate surface area is 163 Å². The molecular formula is C21H22N4O3. The van der Waals surface area contributed by atoms with E-state index in [2.05, 4.69) is 15.5 Å². The van der Waals surface area contributed by atoms with E-state index in [1.54, 1.807) is 12.0 Å². The van der Waals surface area contributed by atoms with E-state index in [1.807, 2.05) is 54.6 Å². The molecule has 1 atom stereocenters. The number of amides is 2. The summed E-state index contributed by atoms with van der Waals surface area (Å²) in [6.07, 6.45) is 1.81. The van der Waals surface area contributed by atoms with E-state index >= 15 is 0 Å².